The number of benzene rings is 10. The minimum atomic E-state index is -1.34. The molecule has 3 radical (unpaired) electrons. The van der Waals surface area contributed by atoms with Crippen molar-refractivity contribution in [1.82, 2.24) is 29.9 Å². The summed E-state index contributed by atoms with van der Waals surface area (Å²) in [4.78, 5) is 27.6. The molecule has 0 atom stereocenters. The molecule has 129 heavy (non-hydrogen) atoms. The molecule has 0 saturated heterocycles. The fourth-order valence-electron chi connectivity index (χ4n) is 14.5. The first-order chi connectivity index (χ1) is 59.9. The Labute approximate surface area is 819 Å². The van der Waals surface area contributed by atoms with Crippen molar-refractivity contribution in [3.05, 3.63) is 388 Å². The predicted octanol–water partition coefficient (Wildman–Crippen LogP) is 27.0. The first kappa shape index (κ1) is 105. The second-order valence-corrected chi connectivity index (χ2v) is 69.3. The van der Waals surface area contributed by atoms with Crippen molar-refractivity contribution in [3.63, 3.8) is 0 Å². The zero-order chi connectivity index (χ0) is 90.4. The largest absolute Gasteiger partial charge is 0.305 e. The van der Waals surface area contributed by atoms with E-state index < -0.39 is 48.4 Å². The summed E-state index contributed by atoms with van der Waals surface area (Å²) < 4.78 is 0. The number of aromatic nitrogens is 6. The maximum atomic E-state index is 4.71. The summed E-state index contributed by atoms with van der Waals surface area (Å²) in [5.41, 5.74) is 26.2. The Kier molecular flexibility index (Phi) is 38.9. The topological polar surface area (TPSA) is 77.3 Å². The van der Waals surface area contributed by atoms with Crippen LogP contribution in [0.5, 0.6) is 0 Å². The monoisotopic (exact) mass is 2320 g/mol. The first-order valence-corrected chi connectivity index (χ1v) is 65.0. The first-order valence-electron chi connectivity index (χ1n) is 44.0. The van der Waals surface area contributed by atoms with Gasteiger partial charge in [0.25, 0.3) is 0 Å². The Balaban J connectivity index is 0.000000191. The van der Waals surface area contributed by atoms with Gasteiger partial charge in [-0.2, -0.15) is 0 Å². The maximum Gasteiger partial charge on any atom is 0.0798 e. The van der Waals surface area contributed by atoms with Gasteiger partial charge in [0.2, 0.25) is 0 Å². The Morgan fingerprint density at radius 3 is 0.930 bits per heavy atom. The van der Waals surface area contributed by atoms with Crippen molar-refractivity contribution >= 4 is 79.6 Å². The van der Waals surface area contributed by atoms with Crippen LogP contribution >= 0.6 is 0 Å². The molecule has 0 N–H and O–H groups in total. The molecule has 0 spiro atoms. The summed E-state index contributed by atoms with van der Waals surface area (Å²) in [6.45, 7) is 51.4. The summed E-state index contributed by atoms with van der Waals surface area (Å²) in [6.07, 6.45) is 13.1. The molecule has 6 nitrogen and oxygen atoms in total. The van der Waals surface area contributed by atoms with Crippen LogP contribution in [0.1, 0.15) is 30.5 Å². The van der Waals surface area contributed by atoms with Crippen molar-refractivity contribution in [2.45, 2.75) is 152 Å². The van der Waals surface area contributed by atoms with Gasteiger partial charge in [-0.15, -0.1) is 202 Å². The molecule has 15 heteroatoms. The molecule has 0 unspecified atom stereocenters. The fraction of sp³-hybridized carbons (Fsp3) is 0.211. The van der Waals surface area contributed by atoms with Gasteiger partial charge in [0.05, 0.1) is 48.4 Å². The van der Waals surface area contributed by atoms with Gasteiger partial charge in [-0.05, 0) is 105 Å². The van der Waals surface area contributed by atoms with E-state index in [0.717, 1.165) is 74.0 Å². The van der Waals surface area contributed by atoms with Gasteiger partial charge in [-0.25, -0.2) is 0 Å². The van der Waals surface area contributed by atoms with E-state index in [1.165, 1.54) is 92.3 Å². The summed E-state index contributed by atoms with van der Waals surface area (Å²) >= 11 is 0. The Bertz CT molecular complexity index is 6010. The van der Waals surface area contributed by atoms with Crippen molar-refractivity contribution in [1.29, 1.82) is 0 Å². The zero-order valence-electron chi connectivity index (χ0n) is 79.2. The van der Waals surface area contributed by atoms with E-state index in [4.69, 9.17) is 4.98 Å². The molecule has 0 bridgehead atoms. The van der Waals surface area contributed by atoms with Crippen molar-refractivity contribution in [2.75, 3.05) is 0 Å². The number of hydrogen-bond donors (Lipinski definition) is 0. The molecule has 0 aliphatic rings. The van der Waals surface area contributed by atoms with Gasteiger partial charge in [0.1, 0.15) is 0 Å². The third-order valence-electron chi connectivity index (χ3n) is 21.9. The van der Waals surface area contributed by atoms with Crippen LogP contribution in [0.15, 0.2) is 334 Å². The van der Waals surface area contributed by atoms with Gasteiger partial charge in [0, 0.05) is 97.5 Å². The van der Waals surface area contributed by atoms with Crippen LogP contribution in [-0.2, 0) is 66.7 Å². The Hall–Kier alpha value is -9.65. The van der Waals surface area contributed by atoms with Crippen LogP contribution in [0.3, 0.4) is 0 Å². The molecule has 0 amide bonds. The third kappa shape index (κ3) is 31.0. The van der Waals surface area contributed by atoms with Gasteiger partial charge in [-0.3, -0.25) is 0 Å². The van der Waals surface area contributed by atoms with Gasteiger partial charge in [-0.1, -0.05) is 344 Å². The molecule has 667 valence electrons. The minimum Gasteiger partial charge on any atom is -0.305 e. The number of aryl methyl sites for hydroxylation is 2. The molecule has 6 heterocycles. The molecule has 6 aromatic heterocycles. The fourth-order valence-corrected chi connectivity index (χ4v) is 22.4. The average Bonchev–Trinajstić information content (AvgIpc) is 0.790. The van der Waals surface area contributed by atoms with Gasteiger partial charge < -0.3 is 29.9 Å². The zero-order valence-corrected chi connectivity index (χ0v) is 92.4. The quantitative estimate of drug-likeness (QED) is 0.0629. The maximum absolute atomic E-state index is 4.71. The van der Waals surface area contributed by atoms with Gasteiger partial charge >= 0.3 is 0 Å². The van der Waals surface area contributed by atoms with E-state index in [1.807, 2.05) is 110 Å². The third-order valence-corrected chi connectivity index (χ3v) is 34.2. The summed E-state index contributed by atoms with van der Waals surface area (Å²) in [5.74, 6) is 0.667. The van der Waals surface area contributed by atoms with Crippen molar-refractivity contribution < 1.29 is 60.3 Å². The molecule has 0 saturated carbocycles. The molecule has 16 aromatic rings. The summed E-state index contributed by atoms with van der Waals surface area (Å²) in [6, 6.07) is 123. The number of rotatable bonds is 18. The van der Waals surface area contributed by atoms with Crippen molar-refractivity contribution in [3.8, 4) is 112 Å². The van der Waals surface area contributed by atoms with E-state index in [2.05, 4.69) is 432 Å². The second-order valence-electron chi connectivity index (χ2n) is 38.9. The minimum absolute atomic E-state index is 0. The molecule has 16 rings (SSSR count). The van der Waals surface area contributed by atoms with E-state index in [1.54, 1.807) is 0 Å². The number of hydrogen-bond acceptors (Lipinski definition) is 6. The predicted molar refractivity (Wildman–Crippen MR) is 559 cm³/mol. The normalized spacial score (nSPS) is 11.2. The van der Waals surface area contributed by atoms with E-state index in [0.29, 0.717) is 5.92 Å². The molecule has 0 aliphatic heterocycles. The van der Waals surface area contributed by atoms with Crippen LogP contribution in [0.2, 0.25) is 118 Å². The van der Waals surface area contributed by atoms with Crippen LogP contribution in [0, 0.1) is 56.2 Å². The van der Waals surface area contributed by atoms with Crippen LogP contribution in [0.4, 0.5) is 0 Å². The van der Waals surface area contributed by atoms with Crippen molar-refractivity contribution in [2.24, 2.45) is 5.92 Å². The smallest absolute Gasteiger partial charge is 0.0798 e. The van der Waals surface area contributed by atoms with Gasteiger partial charge in [0.15, 0.2) is 0 Å². The number of pyridine rings is 6. The molecule has 0 aliphatic carbocycles. The van der Waals surface area contributed by atoms with Crippen LogP contribution < -0.4 is 31.1 Å². The summed E-state index contributed by atoms with van der Waals surface area (Å²) in [7, 11) is -7.90. The molecular formula is C114H124Ir3N6Si6-6. The Morgan fingerprint density at radius 2 is 0.589 bits per heavy atom. The van der Waals surface area contributed by atoms with E-state index >= 15 is 0 Å². The number of nitrogens with zero attached hydrogens (tertiary/aromatic N) is 6. The van der Waals surface area contributed by atoms with Crippen LogP contribution in [-0.4, -0.2) is 78.3 Å². The Morgan fingerprint density at radius 1 is 0.248 bits per heavy atom. The van der Waals surface area contributed by atoms with Crippen LogP contribution in [0.25, 0.3) is 112 Å². The van der Waals surface area contributed by atoms with E-state index in [-0.39, 0.29) is 60.3 Å². The average molecular weight is 2320 g/mol. The SMILES string of the molecule is CC(C)Cc1cc(-c2[c-]cccc2)ncc1[Si](C)(C)C.C[Si](C)(C)c1ccnc(-c2[c-]cc(-c3ccccc3)cc2)c1.C[Si](C)(C)c1ccnc(-c2[c-]cc(-c3ccccc3)cc2)c1.C[Si](C)(C)c1ccnc(-c2[c-]ccc(-c3ccccc3)c2)c1.Cc1cc(-c2[c-]ccc(-c3ccccc3)c2)ncc1[Si](C)(C)C.Cc1cc([Si](C)(C)C)cnc1-c1[c-]cccc1.[Ir].[Ir].[Ir]. The van der Waals surface area contributed by atoms with E-state index in [9.17, 15) is 0 Å². The molecular weight excluding hydrogens is 2200 g/mol. The second kappa shape index (κ2) is 48.0. The molecule has 0 fully saturated rings. The standard InChI is InChI=1S/C21H22NSi.3C20H20NSi.C18H24NSi.C15H18NSi.3Ir/c1-16-13-20(22-15-21(16)23(2,3)4)19-12-8-11-18(14-19)17-9-6-5-7-10-17;1-22(2,3)19-12-13-21-20(15-19)18-11-7-10-17(14-18)16-8-5-4-6-9-16;2*1-22(2,3)19-13-14-21-20(15-19)18-11-9-17(10-12-18)16-7-5-4-6-8-16;1-14(2)11-16-12-17(15-9-7-6-8-10-15)19-13-18(16)20(3,4)5;1-12-10-14(17(2,3)4)11-16-15(12)13-8-6-5-7-9-13;;;/h5-11,13-15H,1-4H3;4-10,12-15H,1-3H3;2*4-11,13-15H,1-3H3;6-9,12-14H,11H2,1-5H3;5-8,10-11H,1-4H3;;;/q6*-1;;;. The molecule has 10 aromatic carbocycles. The summed E-state index contributed by atoms with van der Waals surface area (Å²) in [5, 5.41) is 8.62.